The number of aliphatic hydroxyl groups is 1. The monoisotopic (exact) mass is 450 g/mol. The Morgan fingerprint density at radius 3 is 2.67 bits per heavy atom. The lowest BCUT2D eigenvalue weighted by Crippen LogP contribution is -2.33. The fourth-order valence-corrected chi connectivity index (χ4v) is 4.24. The average molecular weight is 451 g/mol. The number of hydrogen-bond acceptors (Lipinski definition) is 9. The Hall–Kier alpha value is -3.86. The second-order valence-electron chi connectivity index (χ2n) is 7.88. The van der Waals surface area contributed by atoms with Gasteiger partial charge in [-0.15, -0.1) is 10.2 Å². The third-order valence-corrected chi connectivity index (χ3v) is 5.95. The first-order chi connectivity index (χ1) is 16.1. The predicted octanol–water partition coefficient (Wildman–Crippen LogP) is 2.34. The highest BCUT2D eigenvalue weighted by atomic mass is 16.5. The van der Waals surface area contributed by atoms with E-state index in [1.165, 1.54) is 0 Å². The number of anilines is 3. The average Bonchev–Trinajstić information content (AvgIpc) is 3.59. The molecule has 0 spiro atoms. The van der Waals surface area contributed by atoms with Crippen molar-refractivity contribution in [1.82, 2.24) is 29.4 Å². The molecule has 0 saturated carbocycles. The van der Waals surface area contributed by atoms with Crippen molar-refractivity contribution in [2.45, 2.75) is 25.8 Å². The fraction of sp³-hybridized carbons (Fsp3) is 0.364. The van der Waals surface area contributed by atoms with E-state index in [2.05, 4.69) is 25.4 Å². The maximum Gasteiger partial charge on any atom is 0.249 e. The normalized spacial score (nSPS) is 15.9. The van der Waals surface area contributed by atoms with Gasteiger partial charge < -0.3 is 19.5 Å². The zero-order valence-corrected chi connectivity index (χ0v) is 18.8. The Labute approximate surface area is 190 Å². The summed E-state index contributed by atoms with van der Waals surface area (Å²) in [6, 6.07) is 7.69. The SMILES string of the molecule is COc1cc(-n2cnc(Nc3nc(N4CCC[C@H]4CO)c4cccn4n3)n2)cc(OC)c1C. The minimum Gasteiger partial charge on any atom is -0.496 e. The number of hydrogen-bond donors (Lipinski definition) is 2. The fourth-order valence-electron chi connectivity index (χ4n) is 4.24. The Morgan fingerprint density at radius 2 is 1.94 bits per heavy atom. The van der Waals surface area contributed by atoms with Gasteiger partial charge in [-0.25, -0.2) is 9.20 Å². The number of nitrogens with zero attached hydrogens (tertiary/aromatic N) is 7. The Morgan fingerprint density at radius 1 is 1.15 bits per heavy atom. The molecule has 3 aromatic heterocycles. The smallest absolute Gasteiger partial charge is 0.249 e. The maximum atomic E-state index is 9.78. The van der Waals surface area contributed by atoms with Gasteiger partial charge >= 0.3 is 0 Å². The molecular weight excluding hydrogens is 424 g/mol. The van der Waals surface area contributed by atoms with Gasteiger partial charge in [0.25, 0.3) is 0 Å². The van der Waals surface area contributed by atoms with Gasteiger partial charge in [0.1, 0.15) is 23.3 Å². The zero-order chi connectivity index (χ0) is 22.9. The molecule has 1 saturated heterocycles. The summed E-state index contributed by atoms with van der Waals surface area (Å²) in [6.45, 7) is 2.87. The molecule has 33 heavy (non-hydrogen) atoms. The first-order valence-corrected chi connectivity index (χ1v) is 10.8. The molecule has 11 nitrogen and oxygen atoms in total. The maximum absolute atomic E-state index is 9.78. The van der Waals surface area contributed by atoms with E-state index in [9.17, 15) is 5.11 Å². The molecule has 2 N–H and O–H groups in total. The zero-order valence-electron chi connectivity index (χ0n) is 18.8. The van der Waals surface area contributed by atoms with Crippen molar-refractivity contribution in [2.24, 2.45) is 0 Å². The molecular formula is C22H26N8O3. The van der Waals surface area contributed by atoms with Crippen LogP contribution in [0.2, 0.25) is 0 Å². The van der Waals surface area contributed by atoms with Crippen LogP contribution < -0.4 is 19.7 Å². The van der Waals surface area contributed by atoms with Crippen LogP contribution in [-0.2, 0) is 0 Å². The van der Waals surface area contributed by atoms with Gasteiger partial charge in [0, 0.05) is 30.4 Å². The minimum atomic E-state index is 0.0512. The van der Waals surface area contributed by atoms with Crippen molar-refractivity contribution in [1.29, 1.82) is 0 Å². The van der Waals surface area contributed by atoms with Crippen LogP contribution in [0.25, 0.3) is 11.2 Å². The number of benzene rings is 1. The van der Waals surface area contributed by atoms with Gasteiger partial charge in [-0.3, -0.25) is 5.32 Å². The van der Waals surface area contributed by atoms with Crippen LogP contribution in [0.1, 0.15) is 18.4 Å². The Bertz CT molecular complexity index is 1260. The molecule has 172 valence electrons. The second-order valence-corrected chi connectivity index (χ2v) is 7.88. The minimum absolute atomic E-state index is 0.0512. The van der Waals surface area contributed by atoms with E-state index >= 15 is 0 Å². The molecule has 1 fully saturated rings. The number of aromatic nitrogens is 6. The van der Waals surface area contributed by atoms with Gasteiger partial charge in [0.05, 0.1) is 32.6 Å². The number of fused-ring (bicyclic) bond motifs is 1. The first kappa shape index (κ1) is 21.0. The molecule has 0 aliphatic carbocycles. The molecule has 4 heterocycles. The standard InChI is InChI=1S/C22H26N8O3/c1-14-18(32-2)10-16(11-19(14)33-3)30-13-23-21(26-30)25-22-24-20(17-7-5-9-29(17)27-22)28-8-4-6-15(28)12-31/h5,7,9-11,13,15,31H,4,6,8,12H2,1-3H3,(H,25,26,27)/t15-/m0/s1. The van der Waals surface area contributed by atoms with Gasteiger partial charge in [-0.05, 0) is 31.9 Å². The van der Waals surface area contributed by atoms with Crippen LogP contribution in [0.4, 0.5) is 17.7 Å². The summed E-state index contributed by atoms with van der Waals surface area (Å²) >= 11 is 0. The molecule has 0 radical (unpaired) electrons. The van der Waals surface area contributed by atoms with Crippen LogP contribution in [0.5, 0.6) is 11.5 Å². The summed E-state index contributed by atoms with van der Waals surface area (Å²) in [6.07, 6.45) is 5.42. The van der Waals surface area contributed by atoms with Crippen molar-refractivity contribution in [3.05, 3.63) is 42.4 Å². The van der Waals surface area contributed by atoms with Crippen LogP contribution >= 0.6 is 0 Å². The topological polar surface area (TPSA) is 115 Å². The van der Waals surface area contributed by atoms with Crippen LogP contribution in [0.15, 0.2) is 36.8 Å². The van der Waals surface area contributed by atoms with Crippen molar-refractivity contribution >= 4 is 23.2 Å². The van der Waals surface area contributed by atoms with E-state index in [0.717, 1.165) is 42.0 Å². The number of ether oxygens (including phenoxy) is 2. The molecule has 5 rings (SSSR count). The van der Waals surface area contributed by atoms with E-state index in [1.807, 2.05) is 37.4 Å². The lowest BCUT2D eigenvalue weighted by Gasteiger charge is -2.25. The van der Waals surface area contributed by atoms with Crippen molar-refractivity contribution in [2.75, 3.05) is 37.6 Å². The quantitative estimate of drug-likeness (QED) is 0.438. The molecule has 0 amide bonds. The highest BCUT2D eigenvalue weighted by Gasteiger charge is 2.27. The Balaban J connectivity index is 1.46. The molecule has 0 bridgehead atoms. The molecule has 1 aliphatic heterocycles. The molecule has 1 aromatic carbocycles. The first-order valence-electron chi connectivity index (χ1n) is 10.8. The number of rotatable bonds is 7. The van der Waals surface area contributed by atoms with Gasteiger partial charge in [0.2, 0.25) is 11.9 Å². The molecule has 1 aliphatic rings. The van der Waals surface area contributed by atoms with Gasteiger partial charge in [-0.1, -0.05) is 0 Å². The van der Waals surface area contributed by atoms with Crippen molar-refractivity contribution in [3.63, 3.8) is 0 Å². The van der Waals surface area contributed by atoms with Crippen LogP contribution in [0, 0.1) is 6.92 Å². The van der Waals surface area contributed by atoms with E-state index in [4.69, 9.17) is 14.5 Å². The molecule has 1 atom stereocenters. The van der Waals surface area contributed by atoms with E-state index < -0.39 is 0 Å². The van der Waals surface area contributed by atoms with Crippen LogP contribution in [-0.4, -0.2) is 67.9 Å². The summed E-state index contributed by atoms with van der Waals surface area (Å²) < 4.78 is 14.3. The number of aliphatic hydroxyl groups excluding tert-OH is 1. The lowest BCUT2D eigenvalue weighted by atomic mass is 10.2. The summed E-state index contributed by atoms with van der Waals surface area (Å²) in [4.78, 5) is 11.2. The number of methoxy groups -OCH3 is 2. The summed E-state index contributed by atoms with van der Waals surface area (Å²) in [7, 11) is 3.24. The molecule has 4 aromatic rings. The molecule has 0 unspecified atom stereocenters. The highest BCUT2D eigenvalue weighted by Crippen LogP contribution is 2.31. The van der Waals surface area contributed by atoms with Gasteiger partial charge in [0.15, 0.2) is 5.82 Å². The third-order valence-electron chi connectivity index (χ3n) is 5.95. The van der Waals surface area contributed by atoms with Crippen molar-refractivity contribution < 1.29 is 14.6 Å². The second kappa shape index (κ2) is 8.58. The van der Waals surface area contributed by atoms with E-state index in [-0.39, 0.29) is 12.6 Å². The summed E-state index contributed by atoms with van der Waals surface area (Å²) in [5.41, 5.74) is 2.55. The highest BCUT2D eigenvalue weighted by molar-refractivity contribution is 5.71. The van der Waals surface area contributed by atoms with Gasteiger partial charge in [-0.2, -0.15) is 9.97 Å². The van der Waals surface area contributed by atoms with Crippen molar-refractivity contribution in [3.8, 4) is 17.2 Å². The largest absolute Gasteiger partial charge is 0.496 e. The predicted molar refractivity (Wildman–Crippen MR) is 123 cm³/mol. The van der Waals surface area contributed by atoms with Crippen LogP contribution in [0.3, 0.4) is 0 Å². The third kappa shape index (κ3) is 3.80. The molecule has 11 heteroatoms. The number of nitrogens with one attached hydrogen (secondary N) is 1. The van der Waals surface area contributed by atoms with E-state index in [1.54, 1.807) is 29.7 Å². The Kier molecular flexibility index (Phi) is 5.47. The summed E-state index contributed by atoms with van der Waals surface area (Å²) in [5, 5.41) is 21.9. The lowest BCUT2D eigenvalue weighted by molar-refractivity contribution is 0.266. The van der Waals surface area contributed by atoms with E-state index in [0.29, 0.717) is 23.4 Å². The summed E-state index contributed by atoms with van der Waals surface area (Å²) in [5.74, 6) is 2.90.